The highest BCUT2D eigenvalue weighted by molar-refractivity contribution is 5.82. The van der Waals surface area contributed by atoms with Gasteiger partial charge in [-0.05, 0) is 37.0 Å². The number of benzene rings is 1. The molecule has 3 nitrogen and oxygen atoms in total. The van der Waals surface area contributed by atoms with Crippen LogP contribution in [-0.4, -0.2) is 19.5 Å². The minimum atomic E-state index is 0.251. The predicted octanol–water partition coefficient (Wildman–Crippen LogP) is 2.97. The quantitative estimate of drug-likeness (QED) is 0.726. The zero-order chi connectivity index (χ0) is 12.8. The van der Waals surface area contributed by atoms with E-state index in [1.165, 1.54) is 0 Å². The lowest BCUT2D eigenvalue weighted by Gasteiger charge is -2.09. The standard InChI is InChI=1S/C15H20O3/c1-17-14-7-5-12(6-8-14)11-18-10-9-13-3-2-4-15(13)16/h5-8,13H,2-4,9-11H2,1H3. The van der Waals surface area contributed by atoms with Gasteiger partial charge >= 0.3 is 0 Å². The summed E-state index contributed by atoms with van der Waals surface area (Å²) in [7, 11) is 1.66. The van der Waals surface area contributed by atoms with Crippen LogP contribution in [0.1, 0.15) is 31.2 Å². The molecule has 1 aliphatic rings. The zero-order valence-corrected chi connectivity index (χ0v) is 10.9. The van der Waals surface area contributed by atoms with Crippen molar-refractivity contribution in [1.82, 2.24) is 0 Å². The molecule has 0 amide bonds. The van der Waals surface area contributed by atoms with Crippen LogP contribution in [0.25, 0.3) is 0 Å². The van der Waals surface area contributed by atoms with Gasteiger partial charge < -0.3 is 9.47 Å². The smallest absolute Gasteiger partial charge is 0.136 e. The molecule has 1 unspecified atom stereocenters. The second-order valence-corrected chi connectivity index (χ2v) is 4.74. The van der Waals surface area contributed by atoms with Crippen molar-refractivity contribution in [3.05, 3.63) is 29.8 Å². The Hall–Kier alpha value is -1.35. The van der Waals surface area contributed by atoms with Crippen molar-refractivity contribution in [3.63, 3.8) is 0 Å². The SMILES string of the molecule is COc1ccc(COCCC2CCCC2=O)cc1. The fourth-order valence-corrected chi connectivity index (χ4v) is 2.33. The highest BCUT2D eigenvalue weighted by atomic mass is 16.5. The van der Waals surface area contributed by atoms with E-state index in [9.17, 15) is 4.79 Å². The molecule has 0 saturated heterocycles. The lowest BCUT2D eigenvalue weighted by Crippen LogP contribution is -2.09. The third kappa shape index (κ3) is 3.57. The van der Waals surface area contributed by atoms with Crippen molar-refractivity contribution < 1.29 is 14.3 Å². The Morgan fingerprint density at radius 1 is 1.28 bits per heavy atom. The molecule has 18 heavy (non-hydrogen) atoms. The Bertz CT molecular complexity index is 383. The van der Waals surface area contributed by atoms with E-state index in [4.69, 9.17) is 9.47 Å². The van der Waals surface area contributed by atoms with Crippen LogP contribution in [0.5, 0.6) is 5.75 Å². The van der Waals surface area contributed by atoms with Gasteiger partial charge in [-0.25, -0.2) is 0 Å². The molecule has 2 rings (SSSR count). The topological polar surface area (TPSA) is 35.5 Å². The second kappa shape index (κ2) is 6.55. The Kier molecular flexibility index (Phi) is 4.76. The first-order valence-corrected chi connectivity index (χ1v) is 6.53. The third-order valence-corrected chi connectivity index (χ3v) is 3.47. The first-order valence-electron chi connectivity index (χ1n) is 6.53. The summed E-state index contributed by atoms with van der Waals surface area (Å²) in [6.07, 6.45) is 3.74. The van der Waals surface area contributed by atoms with E-state index in [2.05, 4.69) is 0 Å². The van der Waals surface area contributed by atoms with Crippen LogP contribution in [0.4, 0.5) is 0 Å². The number of rotatable bonds is 6. The summed E-state index contributed by atoms with van der Waals surface area (Å²) in [6.45, 7) is 1.27. The number of hydrogen-bond acceptors (Lipinski definition) is 3. The van der Waals surface area contributed by atoms with Gasteiger partial charge in [0.1, 0.15) is 11.5 Å². The maximum absolute atomic E-state index is 11.4. The van der Waals surface area contributed by atoms with E-state index in [-0.39, 0.29) is 5.92 Å². The zero-order valence-electron chi connectivity index (χ0n) is 10.9. The lowest BCUT2D eigenvalue weighted by atomic mass is 10.0. The van der Waals surface area contributed by atoms with Crippen LogP contribution in [0.15, 0.2) is 24.3 Å². The number of hydrogen-bond donors (Lipinski definition) is 0. The molecule has 1 fully saturated rings. The van der Waals surface area contributed by atoms with Crippen LogP contribution >= 0.6 is 0 Å². The van der Waals surface area contributed by atoms with E-state index >= 15 is 0 Å². The molecule has 0 aliphatic heterocycles. The summed E-state index contributed by atoms with van der Waals surface area (Å²) < 4.78 is 10.7. The van der Waals surface area contributed by atoms with Crippen LogP contribution < -0.4 is 4.74 Å². The van der Waals surface area contributed by atoms with Crippen LogP contribution in [-0.2, 0) is 16.1 Å². The summed E-state index contributed by atoms with van der Waals surface area (Å²) >= 11 is 0. The molecule has 0 radical (unpaired) electrons. The molecule has 1 atom stereocenters. The highest BCUT2D eigenvalue weighted by Gasteiger charge is 2.23. The van der Waals surface area contributed by atoms with Crippen molar-refractivity contribution in [1.29, 1.82) is 0 Å². The maximum Gasteiger partial charge on any atom is 0.136 e. The average Bonchev–Trinajstić information content (AvgIpc) is 2.81. The van der Waals surface area contributed by atoms with E-state index in [0.29, 0.717) is 19.0 Å². The van der Waals surface area contributed by atoms with Crippen molar-refractivity contribution in [3.8, 4) is 5.75 Å². The van der Waals surface area contributed by atoms with Crippen LogP contribution in [0, 0.1) is 5.92 Å². The van der Waals surface area contributed by atoms with E-state index in [0.717, 1.165) is 37.0 Å². The summed E-state index contributed by atoms with van der Waals surface area (Å²) in [5, 5.41) is 0. The maximum atomic E-state index is 11.4. The molecule has 0 bridgehead atoms. The van der Waals surface area contributed by atoms with E-state index in [1.54, 1.807) is 7.11 Å². The van der Waals surface area contributed by atoms with Gasteiger partial charge in [0.2, 0.25) is 0 Å². The number of carbonyl (C=O) groups excluding carboxylic acids is 1. The number of methoxy groups -OCH3 is 1. The molecule has 1 aromatic rings. The third-order valence-electron chi connectivity index (χ3n) is 3.47. The molecule has 0 spiro atoms. The summed E-state index contributed by atoms with van der Waals surface area (Å²) in [5.41, 5.74) is 1.13. The van der Waals surface area contributed by atoms with Crippen molar-refractivity contribution in [2.45, 2.75) is 32.3 Å². The first-order chi connectivity index (χ1) is 8.79. The number of carbonyl (C=O) groups is 1. The highest BCUT2D eigenvalue weighted by Crippen LogP contribution is 2.24. The Labute approximate surface area is 108 Å². The second-order valence-electron chi connectivity index (χ2n) is 4.74. The largest absolute Gasteiger partial charge is 0.497 e. The summed E-state index contributed by atoms with van der Waals surface area (Å²) in [6, 6.07) is 7.86. The molecule has 98 valence electrons. The van der Waals surface area contributed by atoms with Gasteiger partial charge in [0.05, 0.1) is 13.7 Å². The molecule has 3 heteroatoms. The van der Waals surface area contributed by atoms with Gasteiger partial charge in [-0.3, -0.25) is 4.79 Å². The monoisotopic (exact) mass is 248 g/mol. The fraction of sp³-hybridized carbons (Fsp3) is 0.533. The van der Waals surface area contributed by atoms with Gasteiger partial charge in [0, 0.05) is 18.9 Å². The van der Waals surface area contributed by atoms with Crippen LogP contribution in [0.3, 0.4) is 0 Å². The molecular weight excluding hydrogens is 228 g/mol. The molecule has 0 N–H and O–H groups in total. The van der Waals surface area contributed by atoms with Crippen LogP contribution in [0.2, 0.25) is 0 Å². The summed E-state index contributed by atoms with van der Waals surface area (Å²) in [4.78, 5) is 11.4. The molecule has 0 heterocycles. The fourth-order valence-electron chi connectivity index (χ4n) is 2.33. The van der Waals surface area contributed by atoms with Gasteiger partial charge in [0.15, 0.2) is 0 Å². The number of ether oxygens (including phenoxy) is 2. The number of ketones is 1. The van der Waals surface area contributed by atoms with Crippen molar-refractivity contribution >= 4 is 5.78 Å². The molecule has 0 aromatic heterocycles. The molecule has 1 aliphatic carbocycles. The van der Waals surface area contributed by atoms with Gasteiger partial charge in [0.25, 0.3) is 0 Å². The lowest BCUT2D eigenvalue weighted by molar-refractivity contribution is -0.121. The van der Waals surface area contributed by atoms with Gasteiger partial charge in [-0.2, -0.15) is 0 Å². The Morgan fingerprint density at radius 3 is 2.67 bits per heavy atom. The van der Waals surface area contributed by atoms with Gasteiger partial charge in [-0.15, -0.1) is 0 Å². The van der Waals surface area contributed by atoms with Crippen molar-refractivity contribution in [2.75, 3.05) is 13.7 Å². The Morgan fingerprint density at radius 2 is 2.06 bits per heavy atom. The Balaban J connectivity index is 1.66. The minimum absolute atomic E-state index is 0.251. The molecule has 1 aromatic carbocycles. The predicted molar refractivity (Wildman–Crippen MR) is 69.6 cm³/mol. The normalized spacial score (nSPS) is 19.2. The summed E-state index contributed by atoms with van der Waals surface area (Å²) in [5.74, 6) is 1.53. The first kappa shape index (κ1) is 13.1. The minimum Gasteiger partial charge on any atom is -0.497 e. The molecule has 1 saturated carbocycles. The average molecular weight is 248 g/mol. The number of Topliss-reactive ketones (excluding diaryl/α,β-unsaturated/α-hetero) is 1. The van der Waals surface area contributed by atoms with Gasteiger partial charge in [-0.1, -0.05) is 12.1 Å². The molecular formula is C15H20O3. The van der Waals surface area contributed by atoms with E-state index in [1.807, 2.05) is 24.3 Å². The van der Waals surface area contributed by atoms with Crippen molar-refractivity contribution in [2.24, 2.45) is 5.92 Å². The van der Waals surface area contributed by atoms with E-state index < -0.39 is 0 Å².